The first-order valence-electron chi connectivity index (χ1n) is 10.2. The van der Waals surface area contributed by atoms with Crippen LogP contribution in [-0.2, 0) is 4.79 Å². The van der Waals surface area contributed by atoms with Crippen LogP contribution in [-0.4, -0.2) is 43.4 Å². The molecule has 2 heterocycles. The molecule has 0 unspecified atom stereocenters. The molecule has 2 N–H and O–H groups in total. The first-order valence-corrected chi connectivity index (χ1v) is 11.5. The lowest BCUT2D eigenvalue weighted by atomic mass is 9.91. The number of para-hydroxylation sites is 1. The highest BCUT2D eigenvalue weighted by atomic mass is 35.5. The van der Waals surface area contributed by atoms with Gasteiger partial charge in [-0.1, -0.05) is 59.8 Å². The summed E-state index contributed by atoms with van der Waals surface area (Å²) >= 11 is 7.90. The van der Waals surface area contributed by atoms with E-state index in [0.717, 1.165) is 34.9 Å². The van der Waals surface area contributed by atoms with E-state index in [2.05, 4.69) is 31.9 Å². The molecule has 1 aliphatic rings. The Hall–Kier alpha value is -2.84. The number of hydrogen-bond donors (Lipinski definition) is 2. The number of carbonyl (C=O) groups excluding carboxylic acids is 1. The number of carbonyl (C=O) groups is 1. The third-order valence-electron chi connectivity index (χ3n) is 5.47. The maximum absolute atomic E-state index is 12.6. The zero-order valence-electron chi connectivity index (χ0n) is 16.7. The molecule has 1 amide bonds. The van der Waals surface area contributed by atoms with Gasteiger partial charge in [0.15, 0.2) is 0 Å². The van der Waals surface area contributed by atoms with E-state index in [0.29, 0.717) is 22.8 Å². The van der Waals surface area contributed by atoms with E-state index < -0.39 is 0 Å². The van der Waals surface area contributed by atoms with Crippen LogP contribution in [0.5, 0.6) is 0 Å². The van der Waals surface area contributed by atoms with Gasteiger partial charge in [-0.05, 0) is 46.5 Å². The third-order valence-corrected chi connectivity index (χ3v) is 6.75. The highest BCUT2D eigenvalue weighted by Gasteiger charge is 2.28. The van der Waals surface area contributed by atoms with Crippen molar-refractivity contribution in [3.63, 3.8) is 0 Å². The van der Waals surface area contributed by atoms with Crippen molar-refractivity contribution in [1.82, 2.24) is 30.5 Å². The molecule has 7 nitrogen and oxygen atoms in total. The maximum atomic E-state index is 12.6. The van der Waals surface area contributed by atoms with Gasteiger partial charge in [0.2, 0.25) is 11.1 Å². The number of aromatic nitrogens is 5. The Bertz CT molecular complexity index is 1220. The second-order valence-corrected chi connectivity index (χ2v) is 8.94. The number of H-pyrrole nitrogens is 1. The van der Waals surface area contributed by atoms with E-state index in [1.165, 1.54) is 11.8 Å². The molecule has 158 valence electrons. The van der Waals surface area contributed by atoms with E-state index in [-0.39, 0.29) is 17.6 Å². The molecule has 0 aliphatic heterocycles. The van der Waals surface area contributed by atoms with E-state index in [1.807, 2.05) is 53.3 Å². The number of rotatable bonds is 8. The lowest BCUT2D eigenvalue weighted by Gasteiger charge is -2.19. The number of fused-ring (bicyclic) bond motifs is 1. The average molecular weight is 453 g/mol. The van der Waals surface area contributed by atoms with Crippen molar-refractivity contribution in [2.24, 2.45) is 0 Å². The van der Waals surface area contributed by atoms with Crippen LogP contribution in [0.1, 0.15) is 35.9 Å². The van der Waals surface area contributed by atoms with Crippen LogP contribution >= 0.6 is 23.4 Å². The Morgan fingerprint density at radius 1 is 1.19 bits per heavy atom. The van der Waals surface area contributed by atoms with Crippen LogP contribution in [0, 0.1) is 0 Å². The number of benzene rings is 2. The van der Waals surface area contributed by atoms with Crippen LogP contribution in [0.15, 0.2) is 59.9 Å². The standard InChI is InChI=1S/C22H21ClN6OS/c23-19-7-3-1-5-15(19)17(18-11-24-20-8-4-2-6-16(18)20)12-25-21(30)13-31-22-26-27-28-29(22)14-9-10-14/h1-8,11,14,17,24H,9-10,12-13H2,(H,25,30)/t17-/m1/s1. The maximum Gasteiger partial charge on any atom is 0.230 e. The quantitative estimate of drug-likeness (QED) is 0.391. The van der Waals surface area contributed by atoms with Crippen LogP contribution in [0.25, 0.3) is 10.9 Å². The molecule has 0 saturated heterocycles. The minimum atomic E-state index is -0.0735. The van der Waals surface area contributed by atoms with Gasteiger partial charge in [-0.2, -0.15) is 0 Å². The van der Waals surface area contributed by atoms with E-state index in [1.54, 1.807) is 0 Å². The molecule has 1 fully saturated rings. The summed E-state index contributed by atoms with van der Waals surface area (Å²) < 4.78 is 1.82. The molecule has 2 aromatic heterocycles. The topological polar surface area (TPSA) is 88.5 Å². The molecular weight excluding hydrogens is 432 g/mol. The predicted molar refractivity (Wildman–Crippen MR) is 121 cm³/mol. The molecule has 9 heteroatoms. The highest BCUT2D eigenvalue weighted by Crippen LogP contribution is 2.36. The minimum Gasteiger partial charge on any atom is -0.361 e. The van der Waals surface area contributed by atoms with Gasteiger partial charge in [-0.3, -0.25) is 4.79 Å². The molecule has 1 atom stereocenters. The molecule has 0 radical (unpaired) electrons. The zero-order chi connectivity index (χ0) is 21.2. The Balaban J connectivity index is 1.32. The SMILES string of the molecule is O=C(CSc1nnnn1C1CC1)NC[C@H](c1ccccc1Cl)c1c[nH]c2ccccc12. The summed E-state index contributed by atoms with van der Waals surface area (Å²) in [4.78, 5) is 16.0. The fourth-order valence-electron chi connectivity index (χ4n) is 3.75. The number of nitrogens with zero attached hydrogens (tertiary/aromatic N) is 4. The summed E-state index contributed by atoms with van der Waals surface area (Å²) in [7, 11) is 0. The smallest absolute Gasteiger partial charge is 0.230 e. The largest absolute Gasteiger partial charge is 0.361 e. The van der Waals surface area contributed by atoms with Crippen molar-refractivity contribution >= 4 is 40.2 Å². The predicted octanol–water partition coefficient (Wildman–Crippen LogP) is 4.18. The highest BCUT2D eigenvalue weighted by molar-refractivity contribution is 7.99. The van der Waals surface area contributed by atoms with E-state index in [4.69, 9.17) is 11.6 Å². The molecule has 0 spiro atoms. The molecular formula is C22H21ClN6OS. The molecule has 31 heavy (non-hydrogen) atoms. The van der Waals surface area contributed by atoms with Crippen molar-refractivity contribution in [3.8, 4) is 0 Å². The van der Waals surface area contributed by atoms with Crippen molar-refractivity contribution < 1.29 is 4.79 Å². The van der Waals surface area contributed by atoms with Crippen LogP contribution in [0.2, 0.25) is 5.02 Å². The lowest BCUT2D eigenvalue weighted by molar-refractivity contribution is -0.118. The zero-order valence-corrected chi connectivity index (χ0v) is 18.2. The van der Waals surface area contributed by atoms with Gasteiger partial charge in [-0.15, -0.1) is 5.10 Å². The number of amides is 1. The van der Waals surface area contributed by atoms with Crippen LogP contribution in [0.4, 0.5) is 0 Å². The van der Waals surface area contributed by atoms with Crippen LogP contribution < -0.4 is 5.32 Å². The van der Waals surface area contributed by atoms with E-state index in [9.17, 15) is 4.79 Å². The van der Waals surface area contributed by atoms with Gasteiger partial charge in [0.25, 0.3) is 0 Å². The summed E-state index contributed by atoms with van der Waals surface area (Å²) in [5.41, 5.74) is 3.15. The first-order chi connectivity index (χ1) is 15.2. The second kappa shape index (κ2) is 8.72. The number of thioether (sulfide) groups is 1. The Morgan fingerprint density at radius 3 is 2.84 bits per heavy atom. The number of hydrogen-bond acceptors (Lipinski definition) is 5. The summed E-state index contributed by atoms with van der Waals surface area (Å²) in [6, 6.07) is 16.3. The monoisotopic (exact) mass is 452 g/mol. The Kier molecular flexibility index (Phi) is 5.65. The molecule has 4 aromatic rings. The molecule has 1 aliphatic carbocycles. The number of halogens is 1. The van der Waals surface area contributed by atoms with Crippen molar-refractivity contribution in [3.05, 3.63) is 70.9 Å². The summed E-state index contributed by atoms with van der Waals surface area (Å²) in [5, 5.41) is 17.4. The summed E-state index contributed by atoms with van der Waals surface area (Å²) in [6.45, 7) is 0.443. The summed E-state index contributed by atoms with van der Waals surface area (Å²) in [5.74, 6) is 0.124. The van der Waals surface area contributed by atoms with Gasteiger partial charge in [-0.25, -0.2) is 4.68 Å². The fourth-order valence-corrected chi connectivity index (χ4v) is 4.79. The number of nitrogens with one attached hydrogen (secondary N) is 2. The Morgan fingerprint density at radius 2 is 2.00 bits per heavy atom. The summed E-state index contributed by atoms with van der Waals surface area (Å²) in [6.07, 6.45) is 4.19. The molecule has 0 bridgehead atoms. The molecule has 1 saturated carbocycles. The first kappa shape index (κ1) is 20.1. The van der Waals surface area contributed by atoms with Crippen molar-refractivity contribution in [1.29, 1.82) is 0 Å². The normalized spacial score (nSPS) is 14.6. The second-order valence-electron chi connectivity index (χ2n) is 7.59. The van der Waals surface area contributed by atoms with E-state index >= 15 is 0 Å². The van der Waals surface area contributed by atoms with Gasteiger partial charge >= 0.3 is 0 Å². The van der Waals surface area contributed by atoms with Crippen LogP contribution in [0.3, 0.4) is 0 Å². The van der Waals surface area contributed by atoms with Gasteiger partial charge in [0, 0.05) is 34.6 Å². The minimum absolute atomic E-state index is 0.0627. The fraction of sp³-hybridized carbons (Fsp3) is 0.273. The number of aromatic amines is 1. The Labute approximate surface area is 188 Å². The molecule has 2 aromatic carbocycles. The third kappa shape index (κ3) is 4.31. The van der Waals surface area contributed by atoms with Crippen molar-refractivity contribution in [2.45, 2.75) is 30.0 Å². The van der Waals surface area contributed by atoms with Gasteiger partial charge in [0.05, 0.1) is 11.8 Å². The number of tetrazole rings is 1. The van der Waals surface area contributed by atoms with Gasteiger partial charge < -0.3 is 10.3 Å². The average Bonchev–Trinajstić information content (AvgIpc) is 3.37. The lowest BCUT2D eigenvalue weighted by Crippen LogP contribution is -2.30. The van der Waals surface area contributed by atoms with Gasteiger partial charge in [0.1, 0.15) is 0 Å². The molecule has 5 rings (SSSR count). The van der Waals surface area contributed by atoms with Crippen molar-refractivity contribution in [2.75, 3.05) is 12.3 Å².